The average Bonchev–Trinajstić information content (AvgIpc) is 2.88. The van der Waals surface area contributed by atoms with E-state index in [9.17, 15) is 9.59 Å². The lowest BCUT2D eigenvalue weighted by atomic mass is 10.2. The Kier molecular flexibility index (Phi) is 8.68. The van der Waals surface area contributed by atoms with Gasteiger partial charge < -0.3 is 19.7 Å². The normalized spacial score (nSPS) is 14.9. The third-order valence-electron chi connectivity index (χ3n) is 4.50. The number of nitrogens with zero attached hydrogens (tertiary/aromatic N) is 1. The summed E-state index contributed by atoms with van der Waals surface area (Å²) in [6.45, 7) is 3.94. The van der Waals surface area contributed by atoms with E-state index in [1.165, 1.54) is 0 Å². The summed E-state index contributed by atoms with van der Waals surface area (Å²) in [5, 5.41) is 2.84. The second-order valence-electron chi connectivity index (χ2n) is 6.59. The molecule has 1 aromatic rings. The summed E-state index contributed by atoms with van der Waals surface area (Å²) in [5.41, 5.74) is 1.01. The van der Waals surface area contributed by atoms with Crippen molar-refractivity contribution < 1.29 is 19.1 Å². The van der Waals surface area contributed by atoms with Crippen molar-refractivity contribution in [3.63, 3.8) is 0 Å². The van der Waals surface area contributed by atoms with Crippen molar-refractivity contribution in [2.45, 2.75) is 39.0 Å². The molecule has 1 aromatic carbocycles. The van der Waals surface area contributed by atoms with Gasteiger partial charge in [0.15, 0.2) is 18.1 Å². The minimum Gasteiger partial charge on any atom is -0.493 e. The summed E-state index contributed by atoms with van der Waals surface area (Å²) < 4.78 is 10.9. The first-order valence-corrected chi connectivity index (χ1v) is 9.62. The fourth-order valence-corrected chi connectivity index (χ4v) is 3.07. The minimum absolute atomic E-state index is 0.0675. The SMILES string of the molecule is CC=Cc1ccc(OCC(=O)NCCCN2CCCCCC2=O)c(OC)c1. The van der Waals surface area contributed by atoms with E-state index < -0.39 is 0 Å². The molecule has 1 aliphatic heterocycles. The van der Waals surface area contributed by atoms with E-state index in [0.717, 1.165) is 37.8 Å². The second kappa shape index (κ2) is 11.3. The standard InChI is InChI=1S/C21H30N2O4/c1-3-8-17-10-11-18(19(15-17)26-2)27-16-20(24)22-12-7-14-23-13-6-4-5-9-21(23)25/h3,8,10-11,15H,4-7,9,12-14,16H2,1-2H3,(H,22,24). The van der Waals surface area contributed by atoms with Crippen LogP contribution >= 0.6 is 0 Å². The summed E-state index contributed by atoms with van der Waals surface area (Å²) >= 11 is 0. The molecule has 0 aliphatic carbocycles. The predicted molar refractivity (Wildman–Crippen MR) is 106 cm³/mol. The van der Waals surface area contributed by atoms with Gasteiger partial charge in [0.05, 0.1) is 7.11 Å². The molecule has 1 N–H and O–H groups in total. The Balaban J connectivity index is 1.71. The Morgan fingerprint density at radius 2 is 2.11 bits per heavy atom. The number of amides is 2. The number of hydrogen-bond acceptors (Lipinski definition) is 4. The summed E-state index contributed by atoms with van der Waals surface area (Å²) in [6.07, 6.45) is 8.49. The van der Waals surface area contributed by atoms with Crippen LogP contribution < -0.4 is 14.8 Å². The quantitative estimate of drug-likeness (QED) is 0.675. The van der Waals surface area contributed by atoms with Gasteiger partial charge in [0, 0.05) is 26.1 Å². The van der Waals surface area contributed by atoms with Gasteiger partial charge in [-0.3, -0.25) is 9.59 Å². The van der Waals surface area contributed by atoms with Gasteiger partial charge in [-0.15, -0.1) is 0 Å². The molecule has 6 heteroatoms. The summed E-state index contributed by atoms with van der Waals surface area (Å²) in [4.78, 5) is 25.8. The molecule has 2 amide bonds. The van der Waals surface area contributed by atoms with E-state index in [-0.39, 0.29) is 18.4 Å². The first kappa shape index (κ1) is 20.8. The lowest BCUT2D eigenvalue weighted by molar-refractivity contribution is -0.130. The first-order chi connectivity index (χ1) is 13.1. The van der Waals surface area contributed by atoms with Gasteiger partial charge >= 0.3 is 0 Å². The summed E-state index contributed by atoms with van der Waals surface area (Å²) in [5.74, 6) is 1.18. The Labute approximate surface area is 161 Å². The van der Waals surface area contributed by atoms with Gasteiger partial charge in [-0.2, -0.15) is 0 Å². The maximum absolute atomic E-state index is 12.0. The van der Waals surface area contributed by atoms with Gasteiger partial charge in [-0.25, -0.2) is 0 Å². The van der Waals surface area contributed by atoms with Crippen molar-refractivity contribution in [2.24, 2.45) is 0 Å². The number of carbonyl (C=O) groups is 2. The molecular formula is C21H30N2O4. The molecule has 148 valence electrons. The highest BCUT2D eigenvalue weighted by atomic mass is 16.5. The van der Waals surface area contributed by atoms with Crippen molar-refractivity contribution >= 4 is 17.9 Å². The van der Waals surface area contributed by atoms with Crippen LogP contribution in [0.3, 0.4) is 0 Å². The van der Waals surface area contributed by atoms with Crippen LogP contribution in [0.25, 0.3) is 6.08 Å². The van der Waals surface area contributed by atoms with Crippen LogP contribution in [0.1, 0.15) is 44.6 Å². The molecule has 1 fully saturated rings. The highest BCUT2D eigenvalue weighted by Gasteiger charge is 2.15. The number of ether oxygens (including phenoxy) is 2. The fourth-order valence-electron chi connectivity index (χ4n) is 3.07. The summed E-state index contributed by atoms with van der Waals surface area (Å²) in [7, 11) is 1.58. The van der Waals surface area contributed by atoms with Crippen LogP contribution in [0.5, 0.6) is 11.5 Å². The van der Waals surface area contributed by atoms with Crippen molar-refractivity contribution in [1.82, 2.24) is 10.2 Å². The molecule has 0 spiro atoms. The number of benzene rings is 1. The monoisotopic (exact) mass is 374 g/mol. The van der Waals surface area contributed by atoms with Crippen LogP contribution in [-0.2, 0) is 9.59 Å². The van der Waals surface area contributed by atoms with E-state index in [4.69, 9.17) is 9.47 Å². The Morgan fingerprint density at radius 3 is 2.89 bits per heavy atom. The molecule has 0 radical (unpaired) electrons. The molecular weight excluding hydrogens is 344 g/mol. The van der Waals surface area contributed by atoms with Gasteiger partial charge in [-0.1, -0.05) is 24.6 Å². The minimum atomic E-state index is -0.184. The molecule has 0 unspecified atom stereocenters. The smallest absolute Gasteiger partial charge is 0.257 e. The van der Waals surface area contributed by atoms with Gasteiger partial charge in [-0.05, 0) is 43.9 Å². The van der Waals surface area contributed by atoms with Crippen molar-refractivity contribution in [3.8, 4) is 11.5 Å². The lowest BCUT2D eigenvalue weighted by Gasteiger charge is -2.20. The van der Waals surface area contributed by atoms with Crippen LogP contribution in [0.2, 0.25) is 0 Å². The van der Waals surface area contributed by atoms with E-state index in [1.54, 1.807) is 13.2 Å². The molecule has 1 aliphatic rings. The zero-order valence-corrected chi connectivity index (χ0v) is 16.3. The molecule has 2 rings (SSSR count). The van der Waals surface area contributed by atoms with Gasteiger partial charge in [0.1, 0.15) is 0 Å². The van der Waals surface area contributed by atoms with Crippen LogP contribution in [0.15, 0.2) is 24.3 Å². The number of carbonyl (C=O) groups excluding carboxylic acids is 2. The number of hydrogen-bond donors (Lipinski definition) is 1. The number of allylic oxidation sites excluding steroid dienone is 1. The molecule has 6 nitrogen and oxygen atoms in total. The van der Waals surface area contributed by atoms with Crippen molar-refractivity contribution in [1.29, 1.82) is 0 Å². The zero-order chi connectivity index (χ0) is 19.5. The highest BCUT2D eigenvalue weighted by Crippen LogP contribution is 2.28. The number of methoxy groups -OCH3 is 1. The molecule has 0 aromatic heterocycles. The van der Waals surface area contributed by atoms with Crippen LogP contribution in [-0.4, -0.2) is 50.1 Å². The van der Waals surface area contributed by atoms with Gasteiger partial charge in [0.25, 0.3) is 5.91 Å². The fraction of sp³-hybridized carbons (Fsp3) is 0.524. The number of nitrogens with one attached hydrogen (secondary N) is 1. The number of likely N-dealkylation sites (tertiary alicyclic amines) is 1. The molecule has 1 saturated heterocycles. The molecule has 1 heterocycles. The van der Waals surface area contributed by atoms with E-state index >= 15 is 0 Å². The average molecular weight is 374 g/mol. The Bertz CT molecular complexity index is 658. The lowest BCUT2D eigenvalue weighted by Crippen LogP contribution is -2.35. The van der Waals surface area contributed by atoms with E-state index in [2.05, 4.69) is 5.32 Å². The molecule has 0 bridgehead atoms. The molecule has 0 atom stereocenters. The highest BCUT2D eigenvalue weighted by molar-refractivity contribution is 5.77. The zero-order valence-electron chi connectivity index (χ0n) is 16.3. The third-order valence-corrected chi connectivity index (χ3v) is 4.50. The second-order valence-corrected chi connectivity index (χ2v) is 6.59. The Morgan fingerprint density at radius 1 is 1.26 bits per heavy atom. The van der Waals surface area contributed by atoms with Crippen LogP contribution in [0.4, 0.5) is 0 Å². The topological polar surface area (TPSA) is 67.9 Å². The predicted octanol–water partition coefficient (Wildman–Crippen LogP) is 3.02. The maximum atomic E-state index is 12.0. The maximum Gasteiger partial charge on any atom is 0.257 e. The van der Waals surface area contributed by atoms with E-state index in [0.29, 0.717) is 31.0 Å². The summed E-state index contributed by atoms with van der Waals surface area (Å²) in [6, 6.07) is 5.58. The molecule has 0 saturated carbocycles. The van der Waals surface area contributed by atoms with Crippen molar-refractivity contribution in [3.05, 3.63) is 29.8 Å². The number of rotatable bonds is 9. The third kappa shape index (κ3) is 6.96. The Hall–Kier alpha value is -2.50. The van der Waals surface area contributed by atoms with Crippen molar-refractivity contribution in [2.75, 3.05) is 33.4 Å². The molecule has 27 heavy (non-hydrogen) atoms. The largest absolute Gasteiger partial charge is 0.493 e. The van der Waals surface area contributed by atoms with Gasteiger partial charge in [0.2, 0.25) is 5.91 Å². The van der Waals surface area contributed by atoms with Crippen LogP contribution in [0, 0.1) is 0 Å². The van der Waals surface area contributed by atoms with E-state index in [1.807, 2.05) is 36.1 Å². The first-order valence-electron chi connectivity index (χ1n) is 9.62.